The van der Waals surface area contributed by atoms with E-state index in [-0.39, 0.29) is 30.7 Å². The zero-order chi connectivity index (χ0) is 14.2. The number of thiazole rings is 1. The number of halogens is 2. The van der Waals surface area contributed by atoms with E-state index in [0.29, 0.717) is 16.7 Å². The molecular formula is C15H18Cl2N4OS. The zero-order valence-electron chi connectivity index (χ0n) is 12.3. The van der Waals surface area contributed by atoms with Crippen LogP contribution in [0.1, 0.15) is 9.67 Å². The molecule has 2 aromatic heterocycles. The van der Waals surface area contributed by atoms with Crippen molar-refractivity contribution in [1.82, 2.24) is 20.2 Å². The van der Waals surface area contributed by atoms with Gasteiger partial charge < -0.3 is 10.2 Å². The van der Waals surface area contributed by atoms with Crippen LogP contribution in [0.15, 0.2) is 30.6 Å². The summed E-state index contributed by atoms with van der Waals surface area (Å²) in [4.78, 5) is 23.9. The van der Waals surface area contributed by atoms with E-state index in [1.54, 1.807) is 12.4 Å². The van der Waals surface area contributed by atoms with Gasteiger partial charge in [0.05, 0.1) is 11.9 Å². The number of likely N-dealkylation sites (tertiary alicyclic amines) is 1. The molecule has 0 aromatic carbocycles. The van der Waals surface area contributed by atoms with Gasteiger partial charge in [0.1, 0.15) is 9.88 Å². The van der Waals surface area contributed by atoms with Crippen molar-refractivity contribution < 1.29 is 4.79 Å². The molecule has 2 aliphatic heterocycles. The van der Waals surface area contributed by atoms with Crippen LogP contribution >= 0.6 is 36.2 Å². The molecule has 0 bridgehead atoms. The molecule has 124 valence electrons. The number of amides is 1. The molecule has 2 saturated heterocycles. The van der Waals surface area contributed by atoms with Gasteiger partial charge >= 0.3 is 0 Å². The third-order valence-electron chi connectivity index (χ3n) is 4.28. The molecule has 1 amide bonds. The van der Waals surface area contributed by atoms with Crippen molar-refractivity contribution in [2.45, 2.75) is 0 Å². The first kappa shape index (κ1) is 18.1. The van der Waals surface area contributed by atoms with E-state index in [1.807, 2.05) is 23.1 Å². The van der Waals surface area contributed by atoms with Gasteiger partial charge in [0, 0.05) is 32.4 Å². The van der Waals surface area contributed by atoms with Crippen LogP contribution in [0.25, 0.3) is 10.7 Å². The molecule has 0 saturated carbocycles. The summed E-state index contributed by atoms with van der Waals surface area (Å²) in [6.45, 7) is 3.81. The Morgan fingerprint density at radius 2 is 1.91 bits per heavy atom. The highest BCUT2D eigenvalue weighted by Crippen LogP contribution is 2.30. The monoisotopic (exact) mass is 372 g/mol. The van der Waals surface area contributed by atoms with Crippen LogP contribution < -0.4 is 5.32 Å². The predicted molar refractivity (Wildman–Crippen MR) is 95.6 cm³/mol. The highest BCUT2D eigenvalue weighted by Gasteiger charge is 2.38. The third-order valence-corrected chi connectivity index (χ3v) is 5.29. The van der Waals surface area contributed by atoms with Gasteiger partial charge in [0.25, 0.3) is 5.91 Å². The van der Waals surface area contributed by atoms with E-state index >= 15 is 0 Å². The average Bonchev–Trinajstić information content (AvgIpc) is 3.22. The van der Waals surface area contributed by atoms with E-state index in [9.17, 15) is 4.79 Å². The molecule has 4 heterocycles. The molecule has 0 unspecified atom stereocenters. The molecule has 0 spiro atoms. The number of carbonyl (C=O) groups is 1. The number of hydrogen-bond donors (Lipinski definition) is 1. The van der Waals surface area contributed by atoms with Gasteiger partial charge in [-0.1, -0.05) is 6.07 Å². The van der Waals surface area contributed by atoms with E-state index in [2.05, 4.69) is 15.3 Å². The minimum absolute atomic E-state index is 0. The summed E-state index contributed by atoms with van der Waals surface area (Å²) in [6.07, 6.45) is 3.43. The fourth-order valence-electron chi connectivity index (χ4n) is 3.16. The van der Waals surface area contributed by atoms with Crippen molar-refractivity contribution in [2.24, 2.45) is 11.8 Å². The van der Waals surface area contributed by atoms with E-state index in [1.165, 1.54) is 11.3 Å². The van der Waals surface area contributed by atoms with Gasteiger partial charge in [-0.15, -0.1) is 36.2 Å². The second kappa shape index (κ2) is 7.57. The summed E-state index contributed by atoms with van der Waals surface area (Å²) in [5.74, 6) is 1.36. The largest absolute Gasteiger partial charge is 0.337 e. The van der Waals surface area contributed by atoms with Gasteiger partial charge in [-0.2, -0.15) is 0 Å². The summed E-state index contributed by atoms with van der Waals surface area (Å²) in [5.41, 5.74) is 0.823. The zero-order valence-corrected chi connectivity index (χ0v) is 14.8. The molecule has 23 heavy (non-hydrogen) atoms. The van der Waals surface area contributed by atoms with Gasteiger partial charge in [0.15, 0.2) is 0 Å². The van der Waals surface area contributed by atoms with Crippen molar-refractivity contribution in [1.29, 1.82) is 0 Å². The molecule has 2 aromatic rings. The standard InChI is InChI=1S/C15H16N4OS.2ClH/c20-15(19-8-10-5-16-6-11(10)9-19)13-7-18-14(21-13)12-3-1-2-4-17-12;;/h1-4,7,10-11,16H,5-6,8-9H2;2*1H/t10-,11+;;. The number of nitrogens with zero attached hydrogens (tertiary/aromatic N) is 3. The summed E-state index contributed by atoms with van der Waals surface area (Å²) in [5, 5.41) is 4.20. The maximum atomic E-state index is 12.6. The van der Waals surface area contributed by atoms with E-state index < -0.39 is 0 Å². The van der Waals surface area contributed by atoms with Gasteiger partial charge in [-0.05, 0) is 24.0 Å². The van der Waals surface area contributed by atoms with Crippen molar-refractivity contribution in [2.75, 3.05) is 26.2 Å². The summed E-state index contributed by atoms with van der Waals surface area (Å²) in [6, 6.07) is 5.72. The highest BCUT2D eigenvalue weighted by molar-refractivity contribution is 7.16. The fourth-order valence-corrected chi connectivity index (χ4v) is 4.02. The van der Waals surface area contributed by atoms with Crippen molar-refractivity contribution in [3.8, 4) is 10.7 Å². The highest BCUT2D eigenvalue weighted by atomic mass is 35.5. The molecule has 2 fully saturated rings. The minimum atomic E-state index is 0. The molecule has 4 rings (SSSR count). The summed E-state index contributed by atoms with van der Waals surface area (Å²) in [7, 11) is 0. The van der Waals surface area contributed by atoms with Crippen molar-refractivity contribution >= 4 is 42.1 Å². The van der Waals surface area contributed by atoms with Crippen LogP contribution in [0.4, 0.5) is 0 Å². The smallest absolute Gasteiger partial charge is 0.265 e. The Morgan fingerprint density at radius 3 is 2.57 bits per heavy atom. The molecule has 1 N–H and O–H groups in total. The normalized spacial score (nSPS) is 22.2. The van der Waals surface area contributed by atoms with Crippen LogP contribution in [0, 0.1) is 11.8 Å². The first-order valence-electron chi connectivity index (χ1n) is 7.18. The Bertz CT molecular complexity index is 655. The Balaban J connectivity index is 0.000000960. The molecule has 0 radical (unpaired) electrons. The van der Waals surface area contributed by atoms with Crippen molar-refractivity contribution in [3.63, 3.8) is 0 Å². The lowest BCUT2D eigenvalue weighted by atomic mass is 10.0. The van der Waals surface area contributed by atoms with Gasteiger partial charge in [-0.3, -0.25) is 9.78 Å². The van der Waals surface area contributed by atoms with Crippen LogP contribution in [0.5, 0.6) is 0 Å². The van der Waals surface area contributed by atoms with Crippen LogP contribution in [0.3, 0.4) is 0 Å². The molecule has 8 heteroatoms. The maximum absolute atomic E-state index is 12.6. The topological polar surface area (TPSA) is 58.1 Å². The van der Waals surface area contributed by atoms with Crippen LogP contribution in [0.2, 0.25) is 0 Å². The van der Waals surface area contributed by atoms with Crippen LogP contribution in [-0.2, 0) is 0 Å². The Labute approximate surface area is 151 Å². The van der Waals surface area contributed by atoms with Crippen molar-refractivity contribution in [3.05, 3.63) is 35.5 Å². The molecule has 5 nitrogen and oxygen atoms in total. The first-order valence-corrected chi connectivity index (χ1v) is 8.00. The van der Waals surface area contributed by atoms with Gasteiger partial charge in [0.2, 0.25) is 0 Å². The molecule has 0 aliphatic carbocycles. The second-order valence-electron chi connectivity index (χ2n) is 5.63. The second-order valence-corrected chi connectivity index (χ2v) is 6.66. The number of nitrogens with one attached hydrogen (secondary N) is 1. The maximum Gasteiger partial charge on any atom is 0.265 e. The Hall–Kier alpha value is -1.21. The quantitative estimate of drug-likeness (QED) is 0.878. The predicted octanol–water partition coefficient (Wildman–Crippen LogP) is 2.34. The average molecular weight is 373 g/mol. The van der Waals surface area contributed by atoms with Crippen LogP contribution in [-0.4, -0.2) is 47.0 Å². The number of hydrogen-bond acceptors (Lipinski definition) is 5. The molecule has 2 aliphatic rings. The SMILES string of the molecule is Cl.Cl.O=C(c1cnc(-c2ccccn2)s1)N1C[C@H]2CNC[C@H]2C1. The number of aromatic nitrogens is 2. The van der Waals surface area contributed by atoms with E-state index in [0.717, 1.165) is 36.9 Å². The lowest BCUT2D eigenvalue weighted by Gasteiger charge is -2.15. The third kappa shape index (κ3) is 3.50. The summed E-state index contributed by atoms with van der Waals surface area (Å²) < 4.78 is 0. The lowest BCUT2D eigenvalue weighted by Crippen LogP contribution is -2.31. The Morgan fingerprint density at radius 1 is 1.17 bits per heavy atom. The molecule has 2 atom stereocenters. The lowest BCUT2D eigenvalue weighted by molar-refractivity contribution is 0.0786. The summed E-state index contributed by atoms with van der Waals surface area (Å²) >= 11 is 1.43. The Kier molecular flexibility index (Phi) is 5.97. The van der Waals surface area contributed by atoms with Gasteiger partial charge in [-0.25, -0.2) is 4.98 Å². The number of rotatable bonds is 2. The minimum Gasteiger partial charge on any atom is -0.337 e. The first-order chi connectivity index (χ1) is 10.3. The fraction of sp³-hybridized carbons (Fsp3) is 0.400. The number of carbonyl (C=O) groups excluding carboxylic acids is 1. The number of fused-ring (bicyclic) bond motifs is 1. The molecular weight excluding hydrogens is 355 g/mol. The number of pyridine rings is 1. The van der Waals surface area contributed by atoms with E-state index in [4.69, 9.17) is 0 Å².